The molecular formula is C21H30ClNO4. The largest absolute Gasteiger partial charge is 0.493 e. The molecule has 2 aromatic rings. The SMILES string of the molecule is CCCCOc1c(CCl)n(CC(C)(C)C)c(=O)c2cc(OC)c(OC)cc12. The number of methoxy groups -OCH3 is 2. The third kappa shape index (κ3) is 4.70. The van der Waals surface area contributed by atoms with Gasteiger partial charge in [0.1, 0.15) is 5.75 Å². The zero-order chi connectivity index (χ0) is 20.2. The Morgan fingerprint density at radius 1 is 1.07 bits per heavy atom. The van der Waals surface area contributed by atoms with Gasteiger partial charge in [-0.05, 0) is 24.0 Å². The zero-order valence-corrected chi connectivity index (χ0v) is 17.9. The third-order valence-electron chi connectivity index (χ3n) is 4.34. The summed E-state index contributed by atoms with van der Waals surface area (Å²) in [6.45, 7) is 9.49. The molecule has 0 aliphatic heterocycles. The van der Waals surface area contributed by atoms with E-state index in [1.807, 2.05) is 0 Å². The highest BCUT2D eigenvalue weighted by Crippen LogP contribution is 2.37. The Morgan fingerprint density at radius 2 is 1.67 bits per heavy atom. The van der Waals surface area contributed by atoms with Crippen molar-refractivity contribution in [2.45, 2.75) is 53.0 Å². The second-order valence-corrected chi connectivity index (χ2v) is 8.08. The molecule has 0 atom stereocenters. The van der Waals surface area contributed by atoms with Crippen molar-refractivity contribution >= 4 is 22.4 Å². The molecule has 5 nitrogen and oxygen atoms in total. The van der Waals surface area contributed by atoms with E-state index in [4.69, 9.17) is 25.8 Å². The summed E-state index contributed by atoms with van der Waals surface area (Å²) in [4.78, 5) is 13.3. The van der Waals surface area contributed by atoms with Gasteiger partial charge in [0.25, 0.3) is 5.56 Å². The minimum absolute atomic E-state index is 0.0877. The van der Waals surface area contributed by atoms with Crippen molar-refractivity contribution < 1.29 is 14.2 Å². The minimum Gasteiger partial charge on any atom is -0.493 e. The molecule has 0 spiro atoms. The molecule has 0 saturated carbocycles. The number of hydrogen-bond donors (Lipinski definition) is 0. The van der Waals surface area contributed by atoms with Crippen LogP contribution in [0.25, 0.3) is 10.8 Å². The monoisotopic (exact) mass is 395 g/mol. The maximum Gasteiger partial charge on any atom is 0.259 e. The second-order valence-electron chi connectivity index (χ2n) is 7.82. The number of ether oxygens (including phenoxy) is 3. The van der Waals surface area contributed by atoms with E-state index in [2.05, 4.69) is 27.7 Å². The summed E-state index contributed by atoms with van der Waals surface area (Å²) >= 11 is 6.29. The van der Waals surface area contributed by atoms with E-state index in [9.17, 15) is 4.79 Å². The Hall–Kier alpha value is -1.88. The summed E-state index contributed by atoms with van der Waals surface area (Å²) in [6, 6.07) is 3.52. The lowest BCUT2D eigenvalue weighted by Gasteiger charge is -2.25. The lowest BCUT2D eigenvalue weighted by Crippen LogP contribution is -2.30. The molecule has 27 heavy (non-hydrogen) atoms. The number of benzene rings is 1. The molecular weight excluding hydrogens is 366 g/mol. The fourth-order valence-electron chi connectivity index (χ4n) is 3.04. The lowest BCUT2D eigenvalue weighted by molar-refractivity contribution is 0.296. The molecule has 2 rings (SSSR count). The van der Waals surface area contributed by atoms with Crippen molar-refractivity contribution in [2.24, 2.45) is 5.41 Å². The van der Waals surface area contributed by atoms with Crippen LogP contribution in [-0.4, -0.2) is 25.4 Å². The first-order valence-corrected chi connectivity index (χ1v) is 9.81. The number of pyridine rings is 1. The molecule has 0 bridgehead atoms. The van der Waals surface area contributed by atoms with Crippen LogP contribution in [0.3, 0.4) is 0 Å². The molecule has 150 valence electrons. The van der Waals surface area contributed by atoms with Crippen molar-refractivity contribution in [1.82, 2.24) is 4.57 Å². The van der Waals surface area contributed by atoms with Crippen LogP contribution in [0, 0.1) is 5.41 Å². The van der Waals surface area contributed by atoms with Gasteiger partial charge in [-0.3, -0.25) is 4.79 Å². The van der Waals surface area contributed by atoms with Crippen molar-refractivity contribution in [3.8, 4) is 17.2 Å². The molecule has 1 aromatic heterocycles. The van der Waals surface area contributed by atoms with E-state index < -0.39 is 0 Å². The number of fused-ring (bicyclic) bond motifs is 1. The first-order valence-electron chi connectivity index (χ1n) is 9.27. The van der Waals surface area contributed by atoms with Gasteiger partial charge >= 0.3 is 0 Å². The van der Waals surface area contributed by atoms with Gasteiger partial charge in [0.2, 0.25) is 0 Å². The maximum atomic E-state index is 13.3. The average Bonchev–Trinajstić information content (AvgIpc) is 2.63. The van der Waals surface area contributed by atoms with E-state index >= 15 is 0 Å². The van der Waals surface area contributed by atoms with Crippen molar-refractivity contribution in [1.29, 1.82) is 0 Å². The zero-order valence-electron chi connectivity index (χ0n) is 17.1. The highest BCUT2D eigenvalue weighted by Gasteiger charge is 2.23. The van der Waals surface area contributed by atoms with Crippen molar-refractivity contribution in [2.75, 3.05) is 20.8 Å². The van der Waals surface area contributed by atoms with Gasteiger partial charge in [0.05, 0.1) is 37.8 Å². The molecule has 0 amide bonds. The molecule has 0 unspecified atom stereocenters. The summed E-state index contributed by atoms with van der Waals surface area (Å²) in [5.41, 5.74) is 0.516. The predicted octanol–water partition coefficient (Wildman–Crippen LogP) is 4.98. The van der Waals surface area contributed by atoms with Crippen LogP contribution in [0.2, 0.25) is 0 Å². The Balaban J connectivity index is 2.85. The first kappa shape index (κ1) is 21.4. The third-order valence-corrected chi connectivity index (χ3v) is 4.59. The summed E-state index contributed by atoms with van der Waals surface area (Å²) in [6.07, 6.45) is 1.95. The van der Waals surface area contributed by atoms with Gasteiger partial charge in [-0.15, -0.1) is 11.6 Å². The molecule has 0 saturated heterocycles. The molecule has 1 aromatic carbocycles. The highest BCUT2D eigenvalue weighted by atomic mass is 35.5. The van der Waals surface area contributed by atoms with E-state index in [1.54, 1.807) is 30.9 Å². The Morgan fingerprint density at radius 3 is 2.15 bits per heavy atom. The molecule has 0 radical (unpaired) electrons. The summed E-state index contributed by atoms with van der Waals surface area (Å²) in [5, 5.41) is 1.24. The van der Waals surface area contributed by atoms with Gasteiger partial charge in [-0.1, -0.05) is 34.1 Å². The smallest absolute Gasteiger partial charge is 0.259 e. The van der Waals surface area contributed by atoms with Gasteiger partial charge in [0.15, 0.2) is 11.5 Å². The van der Waals surface area contributed by atoms with Crippen molar-refractivity contribution in [3.05, 3.63) is 28.2 Å². The quantitative estimate of drug-likeness (QED) is 0.467. The van der Waals surface area contributed by atoms with Crippen LogP contribution < -0.4 is 19.8 Å². The van der Waals surface area contributed by atoms with Gasteiger partial charge in [-0.2, -0.15) is 0 Å². The number of halogens is 1. The minimum atomic E-state index is -0.0978. The fourth-order valence-corrected chi connectivity index (χ4v) is 3.31. The maximum absolute atomic E-state index is 13.3. The fraction of sp³-hybridized carbons (Fsp3) is 0.571. The van der Waals surface area contributed by atoms with Gasteiger partial charge < -0.3 is 18.8 Å². The van der Waals surface area contributed by atoms with Gasteiger partial charge in [0, 0.05) is 11.9 Å². The average molecular weight is 396 g/mol. The first-order chi connectivity index (χ1) is 12.8. The molecule has 0 N–H and O–H groups in total. The predicted molar refractivity (Wildman–Crippen MR) is 111 cm³/mol. The van der Waals surface area contributed by atoms with E-state index in [0.717, 1.165) is 12.8 Å². The van der Waals surface area contributed by atoms with E-state index in [-0.39, 0.29) is 16.9 Å². The van der Waals surface area contributed by atoms with Gasteiger partial charge in [-0.25, -0.2) is 0 Å². The number of hydrogen-bond acceptors (Lipinski definition) is 4. The molecule has 1 heterocycles. The summed E-state index contributed by atoms with van der Waals surface area (Å²) < 4.78 is 18.7. The van der Waals surface area contributed by atoms with Crippen LogP contribution in [0.15, 0.2) is 16.9 Å². The normalized spacial score (nSPS) is 11.7. The van der Waals surface area contributed by atoms with E-state index in [1.165, 1.54) is 0 Å². The molecule has 0 aliphatic rings. The van der Waals surface area contributed by atoms with Crippen LogP contribution >= 0.6 is 11.6 Å². The number of alkyl halides is 1. The van der Waals surface area contributed by atoms with Crippen LogP contribution in [0.1, 0.15) is 46.2 Å². The summed E-state index contributed by atoms with van der Waals surface area (Å²) in [5.74, 6) is 1.91. The lowest BCUT2D eigenvalue weighted by atomic mass is 9.96. The topological polar surface area (TPSA) is 49.7 Å². The number of unbranched alkanes of at least 4 members (excludes halogenated alkanes) is 1. The standard InChI is InChI=1S/C21H30ClNO4/c1-7-8-9-27-19-14-10-17(25-5)18(26-6)11-15(14)20(24)23(16(19)12-22)13-21(2,3)4/h10-11H,7-9,12-13H2,1-6H3. The number of nitrogens with zero attached hydrogens (tertiary/aromatic N) is 1. The van der Waals surface area contributed by atoms with Crippen LogP contribution in [-0.2, 0) is 12.4 Å². The Labute approximate surface area is 166 Å². The van der Waals surface area contributed by atoms with E-state index in [0.29, 0.717) is 46.9 Å². The molecule has 6 heteroatoms. The van der Waals surface area contributed by atoms with Crippen molar-refractivity contribution in [3.63, 3.8) is 0 Å². The number of rotatable bonds is 8. The second kappa shape index (κ2) is 8.87. The molecule has 0 aliphatic carbocycles. The molecule has 0 fully saturated rings. The summed E-state index contributed by atoms with van der Waals surface area (Å²) in [7, 11) is 3.13. The Kier molecular flexibility index (Phi) is 7.04. The number of aromatic nitrogens is 1. The van der Waals surface area contributed by atoms with Crippen LogP contribution in [0.4, 0.5) is 0 Å². The Bertz CT molecular complexity index is 852. The highest BCUT2D eigenvalue weighted by molar-refractivity contribution is 6.17. The van der Waals surface area contributed by atoms with Crippen LogP contribution in [0.5, 0.6) is 17.2 Å².